The summed E-state index contributed by atoms with van der Waals surface area (Å²) < 4.78 is 13.8. The predicted octanol–water partition coefficient (Wildman–Crippen LogP) is 5.37. The Bertz CT molecular complexity index is 886. The van der Waals surface area contributed by atoms with Crippen LogP contribution in [0.1, 0.15) is 22.4 Å². The van der Waals surface area contributed by atoms with E-state index in [0.717, 1.165) is 38.2 Å². The highest BCUT2D eigenvalue weighted by molar-refractivity contribution is 8.00. The largest absolute Gasteiger partial charge is 0.325 e. The number of benzene rings is 2. The van der Waals surface area contributed by atoms with Crippen molar-refractivity contribution in [3.8, 4) is 0 Å². The molecule has 0 aliphatic carbocycles. The number of rotatable bonds is 6. The third kappa shape index (κ3) is 4.93. The second kappa shape index (κ2) is 8.47. The van der Waals surface area contributed by atoms with Gasteiger partial charge in [0.2, 0.25) is 5.91 Å². The summed E-state index contributed by atoms with van der Waals surface area (Å²) in [6, 6.07) is 12.4. The van der Waals surface area contributed by atoms with Crippen LogP contribution in [-0.2, 0) is 17.0 Å². The molecule has 1 amide bonds. The first kappa shape index (κ1) is 18.6. The van der Waals surface area contributed by atoms with Gasteiger partial charge in [-0.3, -0.25) is 4.79 Å². The minimum atomic E-state index is -0.231. The van der Waals surface area contributed by atoms with Gasteiger partial charge in [-0.1, -0.05) is 42.1 Å². The van der Waals surface area contributed by atoms with Gasteiger partial charge in [-0.05, 0) is 42.7 Å². The molecule has 0 aliphatic rings. The Labute approximate surface area is 160 Å². The third-order valence-electron chi connectivity index (χ3n) is 3.89. The zero-order valence-corrected chi connectivity index (χ0v) is 16.2. The summed E-state index contributed by atoms with van der Waals surface area (Å²) in [6.07, 6.45) is 0.251. The second-order valence-corrected chi connectivity index (χ2v) is 8.09. The van der Waals surface area contributed by atoms with Gasteiger partial charge in [0.15, 0.2) is 0 Å². The quantitative estimate of drug-likeness (QED) is 0.579. The van der Waals surface area contributed by atoms with Crippen LogP contribution in [0.4, 0.5) is 10.1 Å². The van der Waals surface area contributed by atoms with Crippen LogP contribution >= 0.6 is 23.1 Å². The molecule has 0 atom stereocenters. The molecule has 3 aromatic rings. The molecule has 0 saturated heterocycles. The maximum Gasteiger partial charge on any atom is 0.230 e. The van der Waals surface area contributed by atoms with Gasteiger partial charge in [-0.15, -0.1) is 11.3 Å². The summed E-state index contributed by atoms with van der Waals surface area (Å²) in [5, 5.41) is 4.90. The van der Waals surface area contributed by atoms with E-state index < -0.39 is 0 Å². The standard InChI is InChI=1S/C20H19FN2OS2/c1-13-4-3-5-14(2)19(13)23-18(24)10-17-12-26-20(22-17)25-11-15-6-8-16(21)9-7-15/h3-9,12H,10-11H2,1-2H3,(H,23,24). The Kier molecular flexibility index (Phi) is 6.06. The van der Waals surface area contributed by atoms with E-state index in [0.29, 0.717) is 0 Å². The van der Waals surface area contributed by atoms with Crippen molar-refractivity contribution < 1.29 is 9.18 Å². The van der Waals surface area contributed by atoms with Crippen LogP contribution in [0.25, 0.3) is 0 Å². The highest BCUT2D eigenvalue weighted by Gasteiger charge is 2.11. The number of amides is 1. The van der Waals surface area contributed by atoms with E-state index in [-0.39, 0.29) is 18.1 Å². The fraction of sp³-hybridized carbons (Fsp3) is 0.200. The topological polar surface area (TPSA) is 42.0 Å². The zero-order chi connectivity index (χ0) is 18.5. The van der Waals surface area contributed by atoms with Gasteiger partial charge in [-0.2, -0.15) is 0 Å². The lowest BCUT2D eigenvalue weighted by molar-refractivity contribution is -0.115. The molecule has 0 unspecified atom stereocenters. The number of hydrogen-bond donors (Lipinski definition) is 1. The Morgan fingerprint density at radius 1 is 1.15 bits per heavy atom. The summed E-state index contributed by atoms with van der Waals surface area (Å²) in [5.41, 5.74) is 4.78. The lowest BCUT2D eigenvalue weighted by atomic mass is 10.1. The summed E-state index contributed by atoms with van der Waals surface area (Å²) in [6.45, 7) is 3.96. The minimum Gasteiger partial charge on any atom is -0.325 e. The number of halogens is 1. The smallest absolute Gasteiger partial charge is 0.230 e. The van der Waals surface area contributed by atoms with Gasteiger partial charge >= 0.3 is 0 Å². The van der Waals surface area contributed by atoms with Crippen LogP contribution < -0.4 is 5.32 Å². The number of para-hydroxylation sites is 1. The van der Waals surface area contributed by atoms with Crippen molar-refractivity contribution >= 4 is 34.7 Å². The summed E-state index contributed by atoms with van der Waals surface area (Å²) in [4.78, 5) is 16.8. The van der Waals surface area contributed by atoms with Gasteiger partial charge in [-0.25, -0.2) is 9.37 Å². The molecule has 3 rings (SSSR count). The van der Waals surface area contributed by atoms with Crippen LogP contribution in [0, 0.1) is 19.7 Å². The fourth-order valence-electron chi connectivity index (χ4n) is 2.52. The van der Waals surface area contributed by atoms with Gasteiger partial charge in [0, 0.05) is 16.8 Å². The molecule has 6 heteroatoms. The monoisotopic (exact) mass is 386 g/mol. The Hall–Kier alpha value is -2.18. The van der Waals surface area contributed by atoms with E-state index in [1.807, 2.05) is 37.4 Å². The number of hydrogen-bond acceptors (Lipinski definition) is 4. The van der Waals surface area contributed by atoms with Gasteiger partial charge in [0.1, 0.15) is 10.2 Å². The molecule has 1 heterocycles. The normalized spacial score (nSPS) is 10.7. The average molecular weight is 387 g/mol. The number of thiazole rings is 1. The Balaban J connectivity index is 1.56. The van der Waals surface area contributed by atoms with Gasteiger partial charge in [0.25, 0.3) is 0 Å². The van der Waals surface area contributed by atoms with Crippen molar-refractivity contribution in [1.82, 2.24) is 4.98 Å². The second-order valence-electron chi connectivity index (χ2n) is 6.01. The maximum absolute atomic E-state index is 12.9. The number of anilines is 1. The first-order chi connectivity index (χ1) is 12.5. The zero-order valence-electron chi connectivity index (χ0n) is 14.6. The van der Waals surface area contributed by atoms with Gasteiger partial charge < -0.3 is 5.32 Å². The fourth-order valence-corrected chi connectivity index (χ4v) is 4.32. The van der Waals surface area contributed by atoms with Crippen molar-refractivity contribution in [1.29, 1.82) is 0 Å². The van der Waals surface area contributed by atoms with Crippen molar-refractivity contribution in [2.24, 2.45) is 0 Å². The number of aryl methyl sites for hydroxylation is 2. The molecule has 0 aliphatic heterocycles. The lowest BCUT2D eigenvalue weighted by Gasteiger charge is -2.10. The summed E-state index contributed by atoms with van der Waals surface area (Å²) in [5.74, 6) is 0.426. The molecular formula is C20H19FN2OS2. The number of thioether (sulfide) groups is 1. The molecule has 0 bridgehead atoms. The molecule has 0 spiro atoms. The number of aromatic nitrogens is 1. The number of carbonyl (C=O) groups is 1. The molecule has 0 radical (unpaired) electrons. The van der Waals surface area contributed by atoms with Crippen molar-refractivity contribution in [3.05, 3.63) is 76.0 Å². The van der Waals surface area contributed by atoms with Crippen molar-refractivity contribution in [3.63, 3.8) is 0 Å². The van der Waals surface area contributed by atoms with Crippen molar-refractivity contribution in [2.45, 2.75) is 30.4 Å². The van der Waals surface area contributed by atoms with Crippen LogP contribution in [0.2, 0.25) is 0 Å². The lowest BCUT2D eigenvalue weighted by Crippen LogP contribution is -2.16. The maximum atomic E-state index is 12.9. The van der Waals surface area contributed by atoms with Crippen LogP contribution in [-0.4, -0.2) is 10.9 Å². The van der Waals surface area contributed by atoms with Crippen LogP contribution in [0.3, 0.4) is 0 Å². The minimum absolute atomic E-state index is 0.0669. The number of nitrogens with zero attached hydrogens (tertiary/aromatic N) is 1. The number of nitrogens with one attached hydrogen (secondary N) is 1. The molecule has 0 fully saturated rings. The SMILES string of the molecule is Cc1cccc(C)c1NC(=O)Cc1csc(SCc2ccc(F)cc2)n1. The van der Waals surface area contributed by atoms with Crippen LogP contribution in [0.15, 0.2) is 52.2 Å². The van der Waals surface area contributed by atoms with Crippen molar-refractivity contribution in [2.75, 3.05) is 5.32 Å². The van der Waals surface area contributed by atoms with E-state index in [9.17, 15) is 9.18 Å². The van der Waals surface area contributed by atoms with E-state index in [4.69, 9.17) is 0 Å². The predicted molar refractivity (Wildman–Crippen MR) is 106 cm³/mol. The molecule has 26 heavy (non-hydrogen) atoms. The molecule has 2 aromatic carbocycles. The van der Waals surface area contributed by atoms with Crippen LogP contribution in [0.5, 0.6) is 0 Å². The third-order valence-corrected chi connectivity index (χ3v) is 6.03. The summed E-state index contributed by atoms with van der Waals surface area (Å²) in [7, 11) is 0. The molecule has 134 valence electrons. The van der Waals surface area contributed by atoms with E-state index in [1.54, 1.807) is 23.9 Å². The first-order valence-corrected chi connectivity index (χ1v) is 10.1. The molecule has 0 saturated carbocycles. The van der Waals surface area contributed by atoms with Gasteiger partial charge in [0.05, 0.1) is 12.1 Å². The molecule has 3 nitrogen and oxygen atoms in total. The summed E-state index contributed by atoms with van der Waals surface area (Å²) >= 11 is 3.11. The Morgan fingerprint density at radius 3 is 2.54 bits per heavy atom. The molecular weight excluding hydrogens is 367 g/mol. The number of carbonyl (C=O) groups excluding carboxylic acids is 1. The first-order valence-electron chi connectivity index (χ1n) is 8.19. The van der Waals surface area contributed by atoms with E-state index >= 15 is 0 Å². The molecule has 1 N–H and O–H groups in total. The average Bonchev–Trinajstić information content (AvgIpc) is 3.05. The van der Waals surface area contributed by atoms with E-state index in [2.05, 4.69) is 10.3 Å². The Morgan fingerprint density at radius 2 is 1.85 bits per heavy atom. The highest BCUT2D eigenvalue weighted by Crippen LogP contribution is 2.27. The molecule has 1 aromatic heterocycles. The van der Waals surface area contributed by atoms with E-state index in [1.165, 1.54) is 23.5 Å². The highest BCUT2D eigenvalue weighted by atomic mass is 32.2.